The van der Waals surface area contributed by atoms with Crippen molar-refractivity contribution in [2.75, 3.05) is 13.7 Å². The van der Waals surface area contributed by atoms with Gasteiger partial charge >= 0.3 is 0 Å². The lowest BCUT2D eigenvalue weighted by Crippen LogP contribution is -2.36. The number of primary amides is 1. The summed E-state index contributed by atoms with van der Waals surface area (Å²) in [6.45, 7) is 2.91. The van der Waals surface area contributed by atoms with Crippen LogP contribution in [0.5, 0.6) is 11.5 Å². The maximum atomic E-state index is 10.9. The fourth-order valence-corrected chi connectivity index (χ4v) is 3.46. The van der Waals surface area contributed by atoms with Gasteiger partial charge in [-0.25, -0.2) is 0 Å². The first-order chi connectivity index (χ1) is 11.0. The lowest BCUT2D eigenvalue weighted by molar-refractivity contribution is -0.119. The van der Waals surface area contributed by atoms with Crippen LogP contribution in [0.1, 0.15) is 38.2 Å². The number of carbonyl (C=O) groups is 1. The van der Waals surface area contributed by atoms with Gasteiger partial charge in [-0.1, -0.05) is 35.7 Å². The van der Waals surface area contributed by atoms with Crippen molar-refractivity contribution >= 4 is 21.8 Å². The van der Waals surface area contributed by atoms with Crippen molar-refractivity contribution in [3.8, 4) is 11.5 Å². The molecule has 0 heterocycles. The van der Waals surface area contributed by atoms with Crippen LogP contribution in [0.15, 0.2) is 16.6 Å². The number of carbonyl (C=O) groups excluding carboxylic acids is 1. The molecule has 1 aromatic rings. The zero-order chi connectivity index (χ0) is 16.8. The third-order valence-electron chi connectivity index (χ3n) is 4.37. The quantitative estimate of drug-likeness (QED) is 0.757. The molecule has 1 saturated carbocycles. The van der Waals surface area contributed by atoms with E-state index in [1.54, 1.807) is 7.11 Å². The minimum atomic E-state index is -0.514. The van der Waals surface area contributed by atoms with E-state index in [0.29, 0.717) is 23.5 Å². The number of nitrogens with two attached hydrogens (primary N) is 1. The monoisotopic (exact) mass is 384 g/mol. The molecule has 0 aliphatic heterocycles. The van der Waals surface area contributed by atoms with Gasteiger partial charge in [-0.2, -0.15) is 0 Å². The van der Waals surface area contributed by atoms with Gasteiger partial charge < -0.3 is 20.5 Å². The summed E-state index contributed by atoms with van der Waals surface area (Å²) in [5.74, 6) is 1.30. The Balaban J connectivity index is 2.05. The molecule has 5 nitrogen and oxygen atoms in total. The Labute approximate surface area is 146 Å². The Hall–Kier alpha value is -1.27. The van der Waals surface area contributed by atoms with E-state index in [-0.39, 0.29) is 6.61 Å². The predicted octanol–water partition coefficient (Wildman–Crippen LogP) is 2.99. The second-order valence-corrected chi connectivity index (χ2v) is 6.95. The number of halogens is 1. The Bertz CT molecular complexity index is 551. The summed E-state index contributed by atoms with van der Waals surface area (Å²) in [6, 6.07) is 4.32. The minimum Gasteiger partial charge on any atom is -0.493 e. The zero-order valence-corrected chi connectivity index (χ0v) is 15.3. The molecular formula is C17H25BrN2O3. The van der Waals surface area contributed by atoms with Gasteiger partial charge in [-0.3, -0.25) is 4.79 Å². The van der Waals surface area contributed by atoms with Gasteiger partial charge in [0.2, 0.25) is 0 Å². The van der Waals surface area contributed by atoms with Gasteiger partial charge in [0.05, 0.1) is 7.11 Å². The number of nitrogens with one attached hydrogen (secondary N) is 1. The zero-order valence-electron chi connectivity index (χ0n) is 13.7. The van der Waals surface area contributed by atoms with Crippen LogP contribution in [0.25, 0.3) is 0 Å². The van der Waals surface area contributed by atoms with Crippen molar-refractivity contribution in [3.63, 3.8) is 0 Å². The van der Waals surface area contributed by atoms with Gasteiger partial charge in [0.1, 0.15) is 0 Å². The molecule has 0 aromatic heterocycles. The highest BCUT2D eigenvalue weighted by atomic mass is 79.9. The molecule has 1 aliphatic rings. The topological polar surface area (TPSA) is 73.6 Å². The van der Waals surface area contributed by atoms with Crippen molar-refractivity contribution in [1.82, 2.24) is 5.32 Å². The van der Waals surface area contributed by atoms with E-state index in [4.69, 9.17) is 15.2 Å². The van der Waals surface area contributed by atoms with E-state index >= 15 is 0 Å². The normalized spacial score (nSPS) is 21.0. The molecule has 0 spiro atoms. The Morgan fingerprint density at radius 1 is 1.35 bits per heavy atom. The smallest absolute Gasteiger partial charge is 0.255 e. The molecule has 1 aliphatic carbocycles. The summed E-state index contributed by atoms with van der Waals surface area (Å²) in [4.78, 5) is 10.9. The average Bonchev–Trinajstić information content (AvgIpc) is 2.53. The number of benzene rings is 1. The predicted molar refractivity (Wildman–Crippen MR) is 93.6 cm³/mol. The van der Waals surface area contributed by atoms with Crippen LogP contribution in [-0.2, 0) is 11.3 Å². The molecule has 0 radical (unpaired) electrons. The Morgan fingerprint density at radius 2 is 2.09 bits per heavy atom. The van der Waals surface area contributed by atoms with Crippen LogP contribution in [0, 0.1) is 5.92 Å². The van der Waals surface area contributed by atoms with Crippen LogP contribution < -0.4 is 20.5 Å². The van der Waals surface area contributed by atoms with Crippen LogP contribution in [0.3, 0.4) is 0 Å². The number of ether oxygens (including phenoxy) is 2. The van der Waals surface area contributed by atoms with Crippen LogP contribution >= 0.6 is 15.9 Å². The van der Waals surface area contributed by atoms with Crippen molar-refractivity contribution in [2.24, 2.45) is 11.7 Å². The maximum absolute atomic E-state index is 10.9. The van der Waals surface area contributed by atoms with Gasteiger partial charge in [-0.15, -0.1) is 0 Å². The number of hydrogen-bond donors (Lipinski definition) is 2. The van der Waals surface area contributed by atoms with Crippen molar-refractivity contribution in [1.29, 1.82) is 0 Å². The first-order valence-corrected chi connectivity index (χ1v) is 8.81. The van der Waals surface area contributed by atoms with Crippen molar-refractivity contribution in [2.45, 2.75) is 45.2 Å². The first kappa shape index (κ1) is 18.1. The Kier molecular flexibility index (Phi) is 6.72. The lowest BCUT2D eigenvalue weighted by Gasteiger charge is -2.30. The summed E-state index contributed by atoms with van der Waals surface area (Å²) in [5.41, 5.74) is 6.22. The van der Waals surface area contributed by atoms with E-state index in [1.807, 2.05) is 12.1 Å². The highest BCUT2D eigenvalue weighted by Crippen LogP contribution is 2.34. The largest absolute Gasteiger partial charge is 0.493 e. The van der Waals surface area contributed by atoms with Gasteiger partial charge in [-0.05, 0) is 36.5 Å². The summed E-state index contributed by atoms with van der Waals surface area (Å²) in [5, 5.41) is 3.65. The molecule has 1 fully saturated rings. The molecule has 1 aromatic carbocycles. The number of hydrogen-bond acceptors (Lipinski definition) is 4. The van der Waals surface area contributed by atoms with E-state index in [1.165, 1.54) is 25.7 Å². The van der Waals surface area contributed by atoms with E-state index in [9.17, 15) is 4.79 Å². The summed E-state index contributed by atoms with van der Waals surface area (Å²) in [6.07, 6.45) is 5.16. The molecular weight excluding hydrogens is 360 g/mol. The first-order valence-electron chi connectivity index (χ1n) is 8.02. The van der Waals surface area contributed by atoms with Crippen molar-refractivity contribution < 1.29 is 14.3 Å². The molecule has 128 valence electrons. The Morgan fingerprint density at radius 3 is 2.74 bits per heavy atom. The van der Waals surface area contributed by atoms with Crippen molar-refractivity contribution in [3.05, 3.63) is 22.2 Å². The number of amides is 1. The fourth-order valence-electron chi connectivity index (χ4n) is 2.99. The standard InChI is InChI=1S/C17H25BrN2O3/c1-11-5-3-4-6-14(11)20-9-12-7-15(22-2)16(8-13(12)18)23-10-17(19)21/h7-8,11,14,20H,3-6,9-10H2,1-2H3,(H2,19,21). The van der Waals surface area contributed by atoms with Gasteiger partial charge in [0.25, 0.3) is 5.91 Å². The third-order valence-corrected chi connectivity index (χ3v) is 5.11. The van der Waals surface area contributed by atoms with E-state index in [0.717, 1.165) is 16.6 Å². The highest BCUT2D eigenvalue weighted by molar-refractivity contribution is 9.10. The molecule has 2 atom stereocenters. The second kappa shape index (κ2) is 8.55. The summed E-state index contributed by atoms with van der Waals surface area (Å²) >= 11 is 3.57. The second-order valence-electron chi connectivity index (χ2n) is 6.10. The molecule has 0 bridgehead atoms. The van der Waals surface area contributed by atoms with Gasteiger partial charge in [0, 0.05) is 17.1 Å². The fraction of sp³-hybridized carbons (Fsp3) is 0.588. The SMILES string of the molecule is COc1cc(CNC2CCCCC2C)c(Br)cc1OCC(N)=O. The van der Waals surface area contributed by atoms with E-state index < -0.39 is 5.91 Å². The molecule has 6 heteroatoms. The maximum Gasteiger partial charge on any atom is 0.255 e. The molecule has 1 amide bonds. The number of rotatable bonds is 7. The van der Waals surface area contributed by atoms with Crippen LogP contribution in [0.4, 0.5) is 0 Å². The highest BCUT2D eigenvalue weighted by Gasteiger charge is 2.21. The summed E-state index contributed by atoms with van der Waals surface area (Å²) < 4.78 is 11.7. The van der Waals surface area contributed by atoms with E-state index in [2.05, 4.69) is 28.2 Å². The molecule has 23 heavy (non-hydrogen) atoms. The molecule has 2 unspecified atom stereocenters. The van der Waals surface area contributed by atoms with Gasteiger partial charge in [0.15, 0.2) is 18.1 Å². The molecule has 2 rings (SSSR count). The lowest BCUT2D eigenvalue weighted by atomic mass is 9.86. The van der Waals surface area contributed by atoms with Crippen LogP contribution in [0.2, 0.25) is 0 Å². The minimum absolute atomic E-state index is 0.167. The summed E-state index contributed by atoms with van der Waals surface area (Å²) in [7, 11) is 1.58. The third kappa shape index (κ3) is 5.11. The molecule has 0 saturated heterocycles. The molecule has 3 N–H and O–H groups in total. The van der Waals surface area contributed by atoms with Crippen LogP contribution in [-0.4, -0.2) is 25.7 Å². The number of methoxy groups -OCH3 is 1. The average molecular weight is 385 g/mol.